The van der Waals surface area contributed by atoms with Crippen LogP contribution in [0.2, 0.25) is 0 Å². The van der Waals surface area contributed by atoms with Gasteiger partial charge in [0.1, 0.15) is 0 Å². The van der Waals surface area contributed by atoms with Gasteiger partial charge in [-0.05, 0) is 39.2 Å². The Morgan fingerprint density at radius 3 is 2.33 bits per heavy atom. The minimum atomic E-state index is 0.370. The van der Waals surface area contributed by atoms with Gasteiger partial charge in [0.25, 0.3) is 0 Å². The van der Waals surface area contributed by atoms with Crippen molar-refractivity contribution in [3.05, 3.63) is 0 Å². The van der Waals surface area contributed by atoms with Gasteiger partial charge < -0.3 is 10.5 Å². The van der Waals surface area contributed by atoms with Crippen LogP contribution in [0.1, 0.15) is 51.9 Å². The first kappa shape index (κ1) is 14.3. The summed E-state index contributed by atoms with van der Waals surface area (Å²) in [5.74, 6) is 0.801. The first-order chi connectivity index (χ1) is 8.74. The van der Waals surface area contributed by atoms with E-state index in [2.05, 4.69) is 18.9 Å². The minimum Gasteiger partial charge on any atom is -0.377 e. The van der Waals surface area contributed by atoms with Gasteiger partial charge in [-0.15, -0.1) is 0 Å². The average Bonchev–Trinajstić information content (AvgIpc) is 2.64. The van der Waals surface area contributed by atoms with Crippen molar-refractivity contribution in [2.24, 2.45) is 11.7 Å². The molecule has 0 aromatic rings. The maximum absolute atomic E-state index is 6.09. The number of hydrogen-bond acceptors (Lipinski definition) is 3. The second-order valence-corrected chi connectivity index (χ2v) is 6.15. The number of rotatable bonds is 4. The maximum Gasteiger partial charge on any atom is 0.0703 e. The molecule has 2 N–H and O–H groups in total. The summed E-state index contributed by atoms with van der Waals surface area (Å²) >= 11 is 0. The second kappa shape index (κ2) is 6.88. The molecule has 1 heterocycles. The smallest absolute Gasteiger partial charge is 0.0703 e. The van der Waals surface area contributed by atoms with Gasteiger partial charge >= 0.3 is 0 Å². The van der Waals surface area contributed by atoms with E-state index in [1.807, 2.05) is 0 Å². The molecule has 0 spiro atoms. The molecule has 0 aromatic carbocycles. The van der Waals surface area contributed by atoms with Gasteiger partial charge in [-0.3, -0.25) is 4.90 Å². The standard InChI is InChI=1S/C15H30N2O/c1-12-14(9-10-18-12)17(2)15(11-16)13-7-5-3-4-6-8-13/h12-15H,3-11,16H2,1-2H3. The summed E-state index contributed by atoms with van der Waals surface area (Å²) in [6, 6.07) is 1.12. The fourth-order valence-electron chi connectivity index (χ4n) is 3.89. The largest absolute Gasteiger partial charge is 0.377 e. The van der Waals surface area contributed by atoms with Gasteiger partial charge in [-0.1, -0.05) is 25.7 Å². The number of likely N-dealkylation sites (N-methyl/N-ethyl adjacent to an activating group) is 1. The van der Waals surface area contributed by atoms with Crippen LogP contribution in [-0.4, -0.2) is 43.3 Å². The maximum atomic E-state index is 6.09. The molecular weight excluding hydrogens is 224 g/mol. The Labute approximate surface area is 112 Å². The molecule has 0 aromatic heterocycles. The van der Waals surface area contributed by atoms with E-state index >= 15 is 0 Å². The Morgan fingerprint density at radius 2 is 1.83 bits per heavy atom. The summed E-state index contributed by atoms with van der Waals surface area (Å²) in [7, 11) is 2.26. The molecule has 3 unspecified atom stereocenters. The highest BCUT2D eigenvalue weighted by Crippen LogP contribution is 2.30. The first-order valence-electron chi connectivity index (χ1n) is 7.77. The molecule has 2 rings (SSSR count). The fraction of sp³-hybridized carbons (Fsp3) is 1.00. The van der Waals surface area contributed by atoms with Crippen molar-refractivity contribution in [2.45, 2.75) is 70.1 Å². The summed E-state index contributed by atoms with van der Waals surface area (Å²) in [5.41, 5.74) is 6.09. The highest BCUT2D eigenvalue weighted by molar-refractivity contribution is 4.88. The van der Waals surface area contributed by atoms with E-state index in [9.17, 15) is 0 Å². The molecule has 1 aliphatic carbocycles. The Balaban J connectivity index is 1.97. The molecule has 3 nitrogen and oxygen atoms in total. The normalized spacial score (nSPS) is 32.7. The molecule has 3 heteroatoms. The third-order valence-electron chi connectivity index (χ3n) is 5.07. The lowest BCUT2D eigenvalue weighted by Crippen LogP contribution is -2.50. The molecule has 0 bridgehead atoms. The van der Waals surface area contributed by atoms with Crippen molar-refractivity contribution >= 4 is 0 Å². The molecule has 3 atom stereocenters. The number of hydrogen-bond donors (Lipinski definition) is 1. The molecule has 2 fully saturated rings. The Bertz CT molecular complexity index is 239. The van der Waals surface area contributed by atoms with Crippen molar-refractivity contribution in [1.29, 1.82) is 0 Å². The Morgan fingerprint density at radius 1 is 1.17 bits per heavy atom. The molecule has 1 saturated heterocycles. The van der Waals surface area contributed by atoms with E-state index < -0.39 is 0 Å². The van der Waals surface area contributed by atoms with Crippen LogP contribution in [0.4, 0.5) is 0 Å². The van der Waals surface area contributed by atoms with Gasteiger partial charge in [-0.2, -0.15) is 0 Å². The third kappa shape index (κ3) is 3.25. The fourth-order valence-corrected chi connectivity index (χ4v) is 3.89. The van der Waals surface area contributed by atoms with E-state index in [0.29, 0.717) is 18.2 Å². The van der Waals surface area contributed by atoms with Crippen LogP contribution in [0.15, 0.2) is 0 Å². The monoisotopic (exact) mass is 254 g/mol. The predicted molar refractivity (Wildman–Crippen MR) is 75.6 cm³/mol. The number of nitrogens with zero attached hydrogens (tertiary/aromatic N) is 1. The quantitative estimate of drug-likeness (QED) is 0.783. The van der Waals surface area contributed by atoms with E-state index in [0.717, 1.165) is 19.1 Å². The van der Waals surface area contributed by atoms with Crippen molar-refractivity contribution in [3.63, 3.8) is 0 Å². The number of nitrogens with two attached hydrogens (primary N) is 1. The zero-order valence-corrected chi connectivity index (χ0v) is 12.1. The molecule has 106 valence electrons. The van der Waals surface area contributed by atoms with Gasteiger partial charge in [0.05, 0.1) is 6.10 Å². The molecule has 1 aliphatic heterocycles. The van der Waals surface area contributed by atoms with Crippen LogP contribution in [0.5, 0.6) is 0 Å². The van der Waals surface area contributed by atoms with Crippen LogP contribution in [0, 0.1) is 5.92 Å². The Hall–Kier alpha value is -0.120. The predicted octanol–water partition coefficient (Wildman–Crippen LogP) is 2.39. The highest BCUT2D eigenvalue weighted by atomic mass is 16.5. The molecule has 0 amide bonds. The summed E-state index contributed by atoms with van der Waals surface area (Å²) in [4.78, 5) is 2.54. The number of ether oxygens (including phenoxy) is 1. The zero-order valence-electron chi connectivity index (χ0n) is 12.1. The van der Waals surface area contributed by atoms with E-state index in [1.54, 1.807) is 0 Å². The molecule has 1 saturated carbocycles. The second-order valence-electron chi connectivity index (χ2n) is 6.15. The van der Waals surface area contributed by atoms with Crippen LogP contribution in [-0.2, 0) is 4.74 Å². The van der Waals surface area contributed by atoms with Crippen LogP contribution < -0.4 is 5.73 Å². The third-order valence-corrected chi connectivity index (χ3v) is 5.07. The minimum absolute atomic E-state index is 0.370. The van der Waals surface area contributed by atoms with Crippen LogP contribution in [0.25, 0.3) is 0 Å². The molecule has 18 heavy (non-hydrogen) atoms. The Kier molecular flexibility index (Phi) is 5.46. The topological polar surface area (TPSA) is 38.5 Å². The van der Waals surface area contributed by atoms with Crippen molar-refractivity contribution in [3.8, 4) is 0 Å². The molecule has 2 aliphatic rings. The van der Waals surface area contributed by atoms with Gasteiger partial charge in [-0.25, -0.2) is 0 Å². The van der Waals surface area contributed by atoms with E-state index in [1.165, 1.54) is 44.9 Å². The highest BCUT2D eigenvalue weighted by Gasteiger charge is 2.34. The lowest BCUT2D eigenvalue weighted by molar-refractivity contribution is 0.0521. The SMILES string of the molecule is CC1OCCC1N(C)C(CN)C1CCCCCC1. The van der Waals surface area contributed by atoms with Crippen LogP contribution in [0.3, 0.4) is 0 Å². The first-order valence-corrected chi connectivity index (χ1v) is 7.77. The van der Waals surface area contributed by atoms with Gasteiger partial charge in [0.15, 0.2) is 0 Å². The van der Waals surface area contributed by atoms with Gasteiger partial charge in [0, 0.05) is 25.2 Å². The van der Waals surface area contributed by atoms with E-state index in [-0.39, 0.29) is 0 Å². The average molecular weight is 254 g/mol. The lowest BCUT2D eigenvalue weighted by Gasteiger charge is -2.38. The molecular formula is C15H30N2O. The summed E-state index contributed by atoms with van der Waals surface area (Å²) in [6.07, 6.45) is 9.90. The zero-order chi connectivity index (χ0) is 13.0. The summed E-state index contributed by atoms with van der Waals surface area (Å²) in [6.45, 7) is 3.91. The lowest BCUT2D eigenvalue weighted by atomic mass is 9.89. The molecule has 0 radical (unpaired) electrons. The van der Waals surface area contributed by atoms with Crippen molar-refractivity contribution in [2.75, 3.05) is 20.2 Å². The van der Waals surface area contributed by atoms with E-state index in [4.69, 9.17) is 10.5 Å². The van der Waals surface area contributed by atoms with Crippen molar-refractivity contribution < 1.29 is 4.74 Å². The van der Waals surface area contributed by atoms with Crippen molar-refractivity contribution in [1.82, 2.24) is 4.90 Å². The van der Waals surface area contributed by atoms with Crippen LogP contribution >= 0.6 is 0 Å². The summed E-state index contributed by atoms with van der Waals surface area (Å²) in [5, 5.41) is 0. The summed E-state index contributed by atoms with van der Waals surface area (Å²) < 4.78 is 5.71. The van der Waals surface area contributed by atoms with Gasteiger partial charge in [0.2, 0.25) is 0 Å².